The van der Waals surface area contributed by atoms with Crippen molar-refractivity contribution in [2.75, 3.05) is 25.4 Å². The molecule has 1 aromatic rings. The van der Waals surface area contributed by atoms with Gasteiger partial charge in [-0.15, -0.1) is 15.6 Å². The Morgan fingerprint density at radius 3 is 2.71 bits per heavy atom. The molecule has 5 N–H and O–H groups in total. The Morgan fingerprint density at radius 1 is 1.50 bits per heavy atom. The summed E-state index contributed by atoms with van der Waals surface area (Å²) in [5.74, 6) is -2.25. The van der Waals surface area contributed by atoms with Crippen molar-refractivity contribution in [3.05, 3.63) is 11.1 Å². The summed E-state index contributed by atoms with van der Waals surface area (Å²) in [6.07, 6.45) is -1.95. The first kappa shape index (κ1) is 24.1. The van der Waals surface area contributed by atoms with Crippen molar-refractivity contribution < 1.29 is 46.8 Å². The largest absolute Gasteiger partial charge is 0.478 e. The number of thiazole rings is 1. The van der Waals surface area contributed by atoms with Crippen LogP contribution in [0.5, 0.6) is 0 Å². The number of carboxylic acid groups (broad SMARTS) is 1. The topological polar surface area (TPSA) is 223 Å². The lowest BCUT2D eigenvalue weighted by Gasteiger charge is -2.71. The molecule has 2 unspecified atom stereocenters. The fourth-order valence-electron chi connectivity index (χ4n) is 3.53. The summed E-state index contributed by atoms with van der Waals surface area (Å²) in [6, 6.07) is -0.996. The minimum absolute atomic E-state index is 0.0149. The van der Waals surface area contributed by atoms with E-state index < -0.39 is 57.6 Å². The number of amides is 2. The number of hydrogen-bond donors (Lipinski definition) is 4. The van der Waals surface area contributed by atoms with Gasteiger partial charge in [0.05, 0.1) is 13.1 Å². The highest BCUT2D eigenvalue weighted by Gasteiger charge is 2.80. The first-order valence-electron chi connectivity index (χ1n) is 9.64. The summed E-state index contributed by atoms with van der Waals surface area (Å²) in [7, 11) is -4.73. The van der Waals surface area contributed by atoms with Gasteiger partial charge in [-0.3, -0.25) is 9.35 Å². The fraction of sp³-hybridized carbons (Fsp3) is 0.562. The zero-order chi connectivity index (χ0) is 25.1. The van der Waals surface area contributed by atoms with Gasteiger partial charge in [0.25, 0.3) is 5.91 Å². The smallest absolute Gasteiger partial charge is 0.410 e. The Labute approximate surface area is 196 Å². The van der Waals surface area contributed by atoms with Crippen LogP contribution < -0.4 is 11.1 Å². The molecule has 0 spiro atoms. The first-order chi connectivity index (χ1) is 15.8. The normalized spacial score (nSPS) is 27.0. The van der Waals surface area contributed by atoms with Crippen LogP contribution in [0.2, 0.25) is 0 Å². The van der Waals surface area contributed by atoms with Crippen LogP contribution in [0.4, 0.5) is 9.93 Å². The molecule has 34 heavy (non-hydrogen) atoms. The second kappa shape index (κ2) is 8.01. The van der Waals surface area contributed by atoms with Crippen molar-refractivity contribution in [3.8, 4) is 0 Å². The molecule has 0 aliphatic carbocycles. The van der Waals surface area contributed by atoms with Gasteiger partial charge in [-0.1, -0.05) is 5.16 Å². The van der Waals surface area contributed by atoms with Crippen LogP contribution in [-0.2, 0) is 34.2 Å². The molecule has 5 heterocycles. The molecule has 0 saturated carbocycles. The Kier molecular flexibility index (Phi) is 5.67. The van der Waals surface area contributed by atoms with Gasteiger partial charge in [0.2, 0.25) is 5.60 Å². The van der Waals surface area contributed by atoms with Crippen LogP contribution in [-0.4, -0.2) is 99.2 Å². The van der Waals surface area contributed by atoms with Crippen molar-refractivity contribution in [2.45, 2.75) is 37.4 Å². The maximum Gasteiger partial charge on any atom is 0.410 e. The molecule has 2 amide bonds. The quantitative estimate of drug-likeness (QED) is 0.164. The number of aliphatic carboxylic acids is 1. The minimum atomic E-state index is -4.73. The van der Waals surface area contributed by atoms with Gasteiger partial charge >= 0.3 is 22.4 Å². The van der Waals surface area contributed by atoms with Gasteiger partial charge < -0.3 is 35.4 Å². The summed E-state index contributed by atoms with van der Waals surface area (Å²) in [4.78, 5) is 46.4. The van der Waals surface area contributed by atoms with E-state index in [2.05, 4.69) is 15.5 Å². The Bertz CT molecular complexity index is 1180. The number of ether oxygens (including phenoxy) is 2. The second-order valence-corrected chi connectivity index (χ2v) is 10.2. The average molecular weight is 521 g/mol. The molecule has 0 radical (unpaired) electrons. The van der Waals surface area contributed by atoms with Gasteiger partial charge in [-0.2, -0.15) is 8.42 Å². The number of anilines is 1. The number of aromatic nitrogens is 1. The van der Waals surface area contributed by atoms with Crippen LogP contribution in [0.25, 0.3) is 0 Å². The summed E-state index contributed by atoms with van der Waals surface area (Å²) < 4.78 is 44.1. The SMILES string of the molecule is CC(C)(O/N=C(\C(=O)N[C@H]1C2OC1(CN1CCOC1=O)N2S(=O)(=O)O)c1csc(N)n1)C(=O)O. The Balaban J connectivity index is 1.58. The standard InChI is InChI=1S/C16H20N6O10S2/c1-15(2,12(24)25)32-20-8(7-5-33-13(17)18-7)10(23)19-9-11-22(34(27,28)29)16(9,31-11)6-21-3-4-30-14(21)26/h5,9,11H,3-4,6H2,1-2H3,(H2,17,18)(H,19,23)(H,24,25)(H,27,28,29)/b20-8-/t9-,11?,16?/m0/s1. The number of oxime groups is 1. The van der Waals surface area contributed by atoms with E-state index in [1.807, 2.05) is 0 Å². The second-order valence-electron chi connectivity index (χ2n) is 8.03. The first-order valence-corrected chi connectivity index (χ1v) is 11.9. The number of carbonyl (C=O) groups is 3. The Hall–Kier alpha value is -3.06. The van der Waals surface area contributed by atoms with Crippen LogP contribution in [0.1, 0.15) is 19.5 Å². The molecule has 0 aromatic carbocycles. The summed E-state index contributed by atoms with van der Waals surface area (Å²) in [5, 5.41) is 16.9. The summed E-state index contributed by atoms with van der Waals surface area (Å²) in [6.45, 7) is 2.34. The number of nitrogens with zero attached hydrogens (tertiary/aromatic N) is 4. The van der Waals surface area contributed by atoms with Gasteiger partial charge in [0, 0.05) is 5.38 Å². The highest BCUT2D eigenvalue weighted by molar-refractivity contribution is 7.83. The lowest BCUT2D eigenvalue weighted by molar-refractivity contribution is -0.444. The molecule has 2 bridgehead atoms. The van der Waals surface area contributed by atoms with Gasteiger partial charge in [0.1, 0.15) is 18.3 Å². The van der Waals surface area contributed by atoms with Gasteiger partial charge in [0.15, 0.2) is 22.8 Å². The number of cyclic esters (lactones) is 1. The number of carbonyl (C=O) groups excluding carboxylic acids is 2. The van der Waals surface area contributed by atoms with Crippen LogP contribution >= 0.6 is 11.3 Å². The number of hydrogen-bond acceptors (Lipinski definition) is 12. The van der Waals surface area contributed by atoms with Crippen LogP contribution in [0.3, 0.4) is 0 Å². The lowest BCUT2D eigenvalue weighted by atomic mass is 9.84. The molecule has 4 aliphatic heterocycles. The van der Waals surface area contributed by atoms with Crippen molar-refractivity contribution >= 4 is 50.5 Å². The predicted octanol–water partition coefficient (Wildman–Crippen LogP) is -1.58. The molecular weight excluding hydrogens is 500 g/mol. The molecule has 1 aromatic heterocycles. The highest BCUT2D eigenvalue weighted by Crippen LogP contribution is 2.54. The van der Waals surface area contributed by atoms with Gasteiger partial charge in [-0.05, 0) is 13.8 Å². The fourth-order valence-corrected chi connectivity index (χ4v) is 5.11. The third-order valence-electron chi connectivity index (χ3n) is 5.36. The number of carboxylic acids is 1. The Morgan fingerprint density at radius 2 is 2.21 bits per heavy atom. The van der Waals surface area contributed by atoms with Crippen LogP contribution in [0.15, 0.2) is 10.5 Å². The minimum Gasteiger partial charge on any atom is -0.478 e. The maximum absolute atomic E-state index is 13.1. The zero-order valence-corrected chi connectivity index (χ0v) is 19.3. The molecular formula is C16H20N6O10S2. The number of nitrogen functional groups attached to an aromatic ring is 1. The van der Waals surface area contributed by atoms with Crippen molar-refractivity contribution in [1.82, 2.24) is 19.5 Å². The van der Waals surface area contributed by atoms with Crippen molar-refractivity contribution in [2.24, 2.45) is 5.16 Å². The van der Waals surface area contributed by atoms with E-state index in [-0.39, 0.29) is 30.5 Å². The third-order valence-corrected chi connectivity index (χ3v) is 7.05. The van der Waals surface area contributed by atoms with E-state index in [1.54, 1.807) is 0 Å². The van der Waals surface area contributed by atoms with E-state index in [4.69, 9.17) is 20.0 Å². The van der Waals surface area contributed by atoms with Crippen molar-refractivity contribution in [3.63, 3.8) is 0 Å². The number of nitrogens with one attached hydrogen (secondary N) is 1. The highest BCUT2D eigenvalue weighted by atomic mass is 32.2. The molecule has 16 nitrogen and oxygen atoms in total. The zero-order valence-electron chi connectivity index (χ0n) is 17.7. The molecule has 5 rings (SSSR count). The monoisotopic (exact) mass is 520 g/mol. The van der Waals surface area contributed by atoms with E-state index >= 15 is 0 Å². The van der Waals surface area contributed by atoms with E-state index in [9.17, 15) is 32.5 Å². The predicted molar refractivity (Wildman–Crippen MR) is 112 cm³/mol. The summed E-state index contributed by atoms with van der Waals surface area (Å²) in [5.41, 5.74) is 1.62. The number of nitrogens with two attached hydrogens (primary N) is 1. The van der Waals surface area contributed by atoms with E-state index in [0.29, 0.717) is 4.31 Å². The molecule has 18 heteroatoms. The van der Waals surface area contributed by atoms with Gasteiger partial charge in [-0.25, -0.2) is 14.6 Å². The molecule has 3 atom stereocenters. The van der Waals surface area contributed by atoms with Crippen LogP contribution in [0, 0.1) is 0 Å². The lowest BCUT2D eigenvalue weighted by Crippen LogP contribution is -2.96. The molecule has 4 aliphatic rings. The van der Waals surface area contributed by atoms with E-state index in [1.165, 1.54) is 24.1 Å². The molecule has 186 valence electrons. The average Bonchev–Trinajstić information content (AvgIpc) is 3.30. The van der Waals surface area contributed by atoms with Crippen molar-refractivity contribution in [1.29, 1.82) is 0 Å². The third kappa shape index (κ3) is 3.92. The summed E-state index contributed by atoms with van der Waals surface area (Å²) >= 11 is 0.993. The van der Waals surface area contributed by atoms with E-state index in [0.717, 1.165) is 11.3 Å². The maximum atomic E-state index is 13.1. The molecule has 4 saturated heterocycles. The number of rotatable bonds is 9. The molecule has 4 fully saturated rings.